The smallest absolute Gasteiger partial charge is 0.0934 e. The van der Waals surface area contributed by atoms with Crippen LogP contribution in [0.3, 0.4) is 0 Å². The SMILES string of the molecule is CC(C)(C)c1ccc(-c2cc(-c3ccccc3)nn2-c2ccc(-c3ccccc3-c3ccccc3-c3ccc(-n4c5ccccc5c5ccccc54)cc3)cc2)cc1. The molecule has 0 aliphatic carbocycles. The number of fused-ring (bicyclic) bond motifs is 3. The second-order valence-corrected chi connectivity index (χ2v) is 16.1. The van der Waals surface area contributed by atoms with Crippen LogP contribution in [0, 0.1) is 0 Å². The van der Waals surface area contributed by atoms with E-state index in [9.17, 15) is 0 Å². The fraction of sp³-hybridized carbons (Fsp3) is 0.0727. The predicted octanol–water partition coefficient (Wildman–Crippen LogP) is 14.6. The van der Waals surface area contributed by atoms with Crippen LogP contribution < -0.4 is 0 Å². The minimum Gasteiger partial charge on any atom is -0.309 e. The van der Waals surface area contributed by atoms with Crippen molar-refractivity contribution in [3.05, 3.63) is 212 Å². The molecule has 0 saturated heterocycles. The average molecular weight is 746 g/mol. The van der Waals surface area contributed by atoms with E-state index < -0.39 is 0 Å². The van der Waals surface area contributed by atoms with Gasteiger partial charge < -0.3 is 4.57 Å². The van der Waals surface area contributed by atoms with E-state index in [-0.39, 0.29) is 5.41 Å². The van der Waals surface area contributed by atoms with Gasteiger partial charge in [0.05, 0.1) is 28.1 Å². The Bertz CT molecular complexity index is 3000. The summed E-state index contributed by atoms with van der Waals surface area (Å²) in [7, 11) is 0. The third kappa shape index (κ3) is 6.31. The maximum Gasteiger partial charge on any atom is 0.0934 e. The zero-order valence-corrected chi connectivity index (χ0v) is 33.0. The maximum absolute atomic E-state index is 5.18. The predicted molar refractivity (Wildman–Crippen MR) is 244 cm³/mol. The van der Waals surface area contributed by atoms with Gasteiger partial charge in [-0.05, 0) is 86.8 Å². The van der Waals surface area contributed by atoms with Gasteiger partial charge in [-0.1, -0.05) is 185 Å². The molecule has 0 amide bonds. The number of benzene rings is 8. The summed E-state index contributed by atoms with van der Waals surface area (Å²) in [5.74, 6) is 0. The Balaban J connectivity index is 1.01. The standard InChI is InChI=1S/C55H43N3/c1-55(2,3)42-31-25-41(26-32-42)54-37-51(40-15-5-4-6-16-40)56-58(54)44-35-29-39(30-36-44)46-18-8-10-20-48(46)47-19-9-7-17-45(47)38-27-33-43(34-28-38)57-52-23-13-11-21-49(52)50-22-12-14-24-53(50)57/h4-37H,1-3H3. The Morgan fingerprint density at radius 1 is 0.379 bits per heavy atom. The van der Waals surface area contributed by atoms with Crippen molar-refractivity contribution in [1.29, 1.82) is 0 Å². The van der Waals surface area contributed by atoms with Gasteiger partial charge in [-0.2, -0.15) is 5.10 Å². The molecule has 58 heavy (non-hydrogen) atoms. The largest absolute Gasteiger partial charge is 0.309 e. The van der Waals surface area contributed by atoms with Crippen molar-refractivity contribution in [2.75, 3.05) is 0 Å². The first-order chi connectivity index (χ1) is 28.4. The van der Waals surface area contributed by atoms with Crippen molar-refractivity contribution in [2.24, 2.45) is 0 Å². The van der Waals surface area contributed by atoms with Gasteiger partial charge in [0, 0.05) is 27.6 Å². The molecule has 0 spiro atoms. The summed E-state index contributed by atoms with van der Waals surface area (Å²) in [6.07, 6.45) is 0. The number of aromatic nitrogens is 3. The first-order valence-electron chi connectivity index (χ1n) is 20.1. The average Bonchev–Trinajstić information content (AvgIpc) is 3.87. The Morgan fingerprint density at radius 2 is 0.828 bits per heavy atom. The van der Waals surface area contributed by atoms with Crippen LogP contribution in [-0.4, -0.2) is 14.3 Å². The molecule has 0 radical (unpaired) electrons. The van der Waals surface area contributed by atoms with Gasteiger partial charge in [0.1, 0.15) is 0 Å². The van der Waals surface area contributed by atoms with Crippen LogP contribution in [0.25, 0.3) is 89.1 Å². The van der Waals surface area contributed by atoms with Crippen molar-refractivity contribution < 1.29 is 0 Å². The van der Waals surface area contributed by atoms with Crippen LogP contribution >= 0.6 is 0 Å². The molecular formula is C55H43N3. The van der Waals surface area contributed by atoms with E-state index in [0.29, 0.717) is 0 Å². The zero-order valence-electron chi connectivity index (χ0n) is 33.0. The van der Waals surface area contributed by atoms with Crippen molar-refractivity contribution in [3.63, 3.8) is 0 Å². The molecule has 8 aromatic carbocycles. The molecule has 0 N–H and O–H groups in total. The molecule has 2 aromatic heterocycles. The van der Waals surface area contributed by atoms with Crippen molar-refractivity contribution in [2.45, 2.75) is 26.2 Å². The molecule has 278 valence electrons. The van der Waals surface area contributed by atoms with Gasteiger partial charge in [0.15, 0.2) is 0 Å². The van der Waals surface area contributed by atoms with Crippen molar-refractivity contribution in [1.82, 2.24) is 14.3 Å². The monoisotopic (exact) mass is 745 g/mol. The molecule has 0 aliphatic heterocycles. The third-order valence-corrected chi connectivity index (χ3v) is 11.4. The highest BCUT2D eigenvalue weighted by molar-refractivity contribution is 6.09. The molecular weight excluding hydrogens is 703 g/mol. The number of hydrogen-bond donors (Lipinski definition) is 0. The van der Waals surface area contributed by atoms with Gasteiger partial charge in [-0.25, -0.2) is 4.68 Å². The van der Waals surface area contributed by atoms with Crippen LogP contribution in [0.4, 0.5) is 0 Å². The van der Waals surface area contributed by atoms with E-state index >= 15 is 0 Å². The second kappa shape index (κ2) is 14.4. The van der Waals surface area contributed by atoms with Crippen molar-refractivity contribution >= 4 is 21.8 Å². The van der Waals surface area contributed by atoms with Crippen LogP contribution in [0.1, 0.15) is 26.3 Å². The minimum absolute atomic E-state index is 0.0830. The lowest BCUT2D eigenvalue weighted by atomic mass is 9.86. The van der Waals surface area contributed by atoms with E-state index in [1.807, 2.05) is 6.07 Å². The van der Waals surface area contributed by atoms with Gasteiger partial charge in [0.25, 0.3) is 0 Å². The summed E-state index contributed by atoms with van der Waals surface area (Å²) in [5, 5.41) is 7.72. The van der Waals surface area contributed by atoms with Crippen LogP contribution in [0.2, 0.25) is 0 Å². The normalized spacial score (nSPS) is 11.7. The van der Waals surface area contributed by atoms with Crippen LogP contribution in [0.15, 0.2) is 206 Å². The summed E-state index contributed by atoms with van der Waals surface area (Å²) < 4.78 is 4.46. The maximum atomic E-state index is 5.18. The number of hydrogen-bond acceptors (Lipinski definition) is 1. The number of rotatable bonds is 7. The topological polar surface area (TPSA) is 22.8 Å². The van der Waals surface area contributed by atoms with Gasteiger partial charge >= 0.3 is 0 Å². The molecule has 3 nitrogen and oxygen atoms in total. The molecule has 0 saturated carbocycles. The Kier molecular flexibility index (Phi) is 8.72. The summed E-state index contributed by atoms with van der Waals surface area (Å²) in [4.78, 5) is 0. The van der Waals surface area contributed by atoms with Crippen molar-refractivity contribution in [3.8, 4) is 67.3 Å². The van der Waals surface area contributed by atoms with Crippen LogP contribution in [-0.2, 0) is 5.41 Å². The number of para-hydroxylation sites is 2. The Morgan fingerprint density at radius 3 is 1.36 bits per heavy atom. The molecule has 0 fully saturated rings. The van der Waals surface area contributed by atoms with E-state index in [4.69, 9.17) is 5.10 Å². The molecule has 0 bridgehead atoms. The fourth-order valence-electron chi connectivity index (χ4n) is 8.39. The van der Waals surface area contributed by atoms with Crippen LogP contribution in [0.5, 0.6) is 0 Å². The highest BCUT2D eigenvalue weighted by Crippen LogP contribution is 2.40. The van der Waals surface area contributed by atoms with E-state index in [1.54, 1.807) is 0 Å². The molecule has 10 aromatic rings. The Labute approximate surface area is 340 Å². The molecule has 3 heteroatoms. The third-order valence-electron chi connectivity index (χ3n) is 11.4. The summed E-state index contributed by atoms with van der Waals surface area (Å²) in [6, 6.07) is 74.3. The van der Waals surface area contributed by atoms with E-state index in [2.05, 4.69) is 230 Å². The first kappa shape index (κ1) is 35.2. The Hall–Kier alpha value is -7.23. The summed E-state index contributed by atoms with van der Waals surface area (Å²) in [6.45, 7) is 6.76. The van der Waals surface area contributed by atoms with Gasteiger partial charge in [-0.15, -0.1) is 0 Å². The lowest BCUT2D eigenvalue weighted by molar-refractivity contribution is 0.590. The van der Waals surface area contributed by atoms with Gasteiger partial charge in [-0.3, -0.25) is 0 Å². The molecule has 0 atom stereocenters. The van der Waals surface area contributed by atoms with Gasteiger partial charge in [0.2, 0.25) is 0 Å². The molecule has 0 unspecified atom stereocenters. The molecule has 0 aliphatic rings. The lowest BCUT2D eigenvalue weighted by Crippen LogP contribution is -2.10. The molecule has 10 rings (SSSR count). The highest BCUT2D eigenvalue weighted by atomic mass is 15.3. The summed E-state index contributed by atoms with van der Waals surface area (Å²) >= 11 is 0. The van der Waals surface area contributed by atoms with E-state index in [1.165, 1.54) is 55.2 Å². The zero-order chi connectivity index (χ0) is 39.2. The molecule has 2 heterocycles. The quantitative estimate of drug-likeness (QED) is 0.159. The lowest BCUT2D eigenvalue weighted by Gasteiger charge is -2.19. The van der Waals surface area contributed by atoms with E-state index in [0.717, 1.165) is 39.5 Å². The minimum atomic E-state index is 0.0830. The fourth-order valence-corrected chi connectivity index (χ4v) is 8.39. The first-order valence-corrected chi connectivity index (χ1v) is 20.1. The summed E-state index contributed by atoms with van der Waals surface area (Å²) in [5.41, 5.74) is 17.4. The number of nitrogens with zero attached hydrogens (tertiary/aromatic N) is 3. The highest BCUT2D eigenvalue weighted by Gasteiger charge is 2.18. The second-order valence-electron chi connectivity index (χ2n) is 16.1.